The maximum absolute atomic E-state index is 4.22. The Balaban J connectivity index is 1.93. The van der Waals surface area contributed by atoms with Crippen molar-refractivity contribution >= 4 is 11.3 Å². The topological polar surface area (TPSA) is 24.9 Å². The fourth-order valence-electron chi connectivity index (χ4n) is 3.19. The molecule has 1 saturated carbocycles. The zero-order valence-corrected chi connectivity index (χ0v) is 13.1. The molecule has 2 nitrogen and oxygen atoms in total. The molecule has 1 N–H and O–H groups in total. The number of hydrogen-bond donors (Lipinski definition) is 1. The lowest BCUT2D eigenvalue weighted by Crippen LogP contribution is -2.38. The average Bonchev–Trinajstić information content (AvgIpc) is 2.87. The summed E-state index contributed by atoms with van der Waals surface area (Å²) < 4.78 is 0. The van der Waals surface area contributed by atoms with Gasteiger partial charge in [0.15, 0.2) is 0 Å². The van der Waals surface area contributed by atoms with E-state index in [9.17, 15) is 0 Å². The zero-order valence-electron chi connectivity index (χ0n) is 12.2. The van der Waals surface area contributed by atoms with Crippen LogP contribution in [0.5, 0.6) is 0 Å². The summed E-state index contributed by atoms with van der Waals surface area (Å²) in [7, 11) is 0. The van der Waals surface area contributed by atoms with E-state index in [1.807, 2.05) is 11.7 Å². The van der Waals surface area contributed by atoms with Crippen LogP contribution in [-0.4, -0.2) is 17.6 Å². The lowest BCUT2D eigenvalue weighted by atomic mass is 9.84. The number of nitrogens with one attached hydrogen (secondary N) is 1. The SMILES string of the molecule is CCCNC(Cc1cncs1)C1CCCCCCC1. The molecule has 0 saturated heterocycles. The van der Waals surface area contributed by atoms with Gasteiger partial charge in [-0.1, -0.05) is 39.0 Å². The molecular weight excluding hydrogens is 252 g/mol. The molecule has 0 bridgehead atoms. The second-order valence-electron chi connectivity index (χ2n) is 5.84. The summed E-state index contributed by atoms with van der Waals surface area (Å²) >= 11 is 1.81. The Morgan fingerprint density at radius 1 is 1.26 bits per heavy atom. The van der Waals surface area contributed by atoms with Gasteiger partial charge in [-0.05, 0) is 38.1 Å². The molecule has 0 aliphatic heterocycles. The van der Waals surface area contributed by atoms with Crippen molar-refractivity contribution in [1.29, 1.82) is 0 Å². The van der Waals surface area contributed by atoms with Gasteiger partial charge in [0.1, 0.15) is 0 Å². The maximum atomic E-state index is 4.22. The Morgan fingerprint density at radius 3 is 2.63 bits per heavy atom. The molecule has 0 aromatic carbocycles. The second kappa shape index (κ2) is 8.70. The van der Waals surface area contributed by atoms with Gasteiger partial charge in [0.05, 0.1) is 5.51 Å². The first kappa shape index (κ1) is 15.0. The first-order valence-corrected chi connectivity index (χ1v) is 8.89. The molecule has 1 aliphatic carbocycles. The normalized spacial score (nSPS) is 19.8. The third-order valence-electron chi connectivity index (χ3n) is 4.28. The Morgan fingerprint density at radius 2 is 2.00 bits per heavy atom. The molecule has 3 heteroatoms. The van der Waals surface area contributed by atoms with Crippen LogP contribution in [-0.2, 0) is 6.42 Å². The van der Waals surface area contributed by atoms with E-state index in [0.717, 1.165) is 12.5 Å². The number of aromatic nitrogens is 1. The predicted molar refractivity (Wildman–Crippen MR) is 83.7 cm³/mol. The van der Waals surface area contributed by atoms with Crippen LogP contribution < -0.4 is 5.32 Å². The van der Waals surface area contributed by atoms with E-state index >= 15 is 0 Å². The molecule has 1 unspecified atom stereocenters. The van der Waals surface area contributed by atoms with Crippen LogP contribution in [0.2, 0.25) is 0 Å². The van der Waals surface area contributed by atoms with Gasteiger partial charge in [-0.25, -0.2) is 0 Å². The van der Waals surface area contributed by atoms with E-state index in [4.69, 9.17) is 0 Å². The molecule has 1 aromatic rings. The van der Waals surface area contributed by atoms with Crippen molar-refractivity contribution in [2.45, 2.75) is 70.8 Å². The number of thiazole rings is 1. The van der Waals surface area contributed by atoms with Crippen LogP contribution in [0, 0.1) is 5.92 Å². The molecule has 1 heterocycles. The monoisotopic (exact) mass is 280 g/mol. The summed E-state index contributed by atoms with van der Waals surface area (Å²) in [5, 5.41) is 3.80. The molecule has 1 aromatic heterocycles. The van der Waals surface area contributed by atoms with Crippen molar-refractivity contribution in [3.63, 3.8) is 0 Å². The second-order valence-corrected chi connectivity index (χ2v) is 6.81. The van der Waals surface area contributed by atoms with Gasteiger partial charge in [-0.15, -0.1) is 11.3 Å². The Hall–Kier alpha value is -0.410. The van der Waals surface area contributed by atoms with E-state index in [1.54, 1.807) is 11.3 Å². The van der Waals surface area contributed by atoms with Crippen molar-refractivity contribution in [2.75, 3.05) is 6.54 Å². The highest BCUT2D eigenvalue weighted by Gasteiger charge is 2.22. The van der Waals surface area contributed by atoms with E-state index < -0.39 is 0 Å². The van der Waals surface area contributed by atoms with Crippen LogP contribution in [0.15, 0.2) is 11.7 Å². The minimum Gasteiger partial charge on any atom is -0.313 e. The van der Waals surface area contributed by atoms with Crippen molar-refractivity contribution in [2.24, 2.45) is 5.92 Å². The largest absolute Gasteiger partial charge is 0.313 e. The van der Waals surface area contributed by atoms with E-state index in [-0.39, 0.29) is 0 Å². The van der Waals surface area contributed by atoms with Crippen molar-refractivity contribution in [1.82, 2.24) is 10.3 Å². The fourth-order valence-corrected chi connectivity index (χ4v) is 3.84. The highest BCUT2D eigenvalue weighted by Crippen LogP contribution is 2.27. The molecule has 2 rings (SSSR count). The third kappa shape index (κ3) is 5.23. The van der Waals surface area contributed by atoms with E-state index in [0.29, 0.717) is 6.04 Å². The lowest BCUT2D eigenvalue weighted by Gasteiger charge is -2.29. The van der Waals surface area contributed by atoms with Gasteiger partial charge in [-0.3, -0.25) is 4.98 Å². The highest BCUT2D eigenvalue weighted by atomic mass is 32.1. The number of nitrogens with zero attached hydrogens (tertiary/aromatic N) is 1. The number of hydrogen-bond acceptors (Lipinski definition) is 3. The summed E-state index contributed by atoms with van der Waals surface area (Å²) in [5.41, 5.74) is 1.96. The molecule has 0 spiro atoms. The highest BCUT2D eigenvalue weighted by molar-refractivity contribution is 7.09. The molecule has 1 atom stereocenters. The molecule has 0 radical (unpaired) electrons. The molecule has 1 fully saturated rings. The van der Waals surface area contributed by atoms with E-state index in [2.05, 4.69) is 17.2 Å². The minimum atomic E-state index is 0.665. The molecule has 19 heavy (non-hydrogen) atoms. The molecule has 108 valence electrons. The van der Waals surface area contributed by atoms with Crippen molar-refractivity contribution in [3.05, 3.63) is 16.6 Å². The van der Waals surface area contributed by atoms with Crippen LogP contribution in [0.1, 0.15) is 63.2 Å². The van der Waals surface area contributed by atoms with Crippen LogP contribution in [0.4, 0.5) is 0 Å². The minimum absolute atomic E-state index is 0.665. The van der Waals surface area contributed by atoms with Crippen LogP contribution in [0.25, 0.3) is 0 Å². The summed E-state index contributed by atoms with van der Waals surface area (Å²) in [6.45, 7) is 3.41. The first-order chi connectivity index (χ1) is 9.40. The smallest absolute Gasteiger partial charge is 0.0794 e. The lowest BCUT2D eigenvalue weighted by molar-refractivity contribution is 0.284. The van der Waals surface area contributed by atoms with Crippen LogP contribution in [0.3, 0.4) is 0 Å². The van der Waals surface area contributed by atoms with Crippen molar-refractivity contribution in [3.8, 4) is 0 Å². The predicted octanol–water partition coefficient (Wildman–Crippen LogP) is 4.41. The van der Waals surface area contributed by atoms with Crippen LogP contribution >= 0.6 is 11.3 Å². The van der Waals surface area contributed by atoms with Gasteiger partial charge in [0.2, 0.25) is 0 Å². The standard InChI is InChI=1S/C16H28N2S/c1-2-10-18-16(11-15-12-17-13-19-15)14-8-6-4-3-5-7-9-14/h12-14,16,18H,2-11H2,1H3. The summed E-state index contributed by atoms with van der Waals surface area (Å²) in [4.78, 5) is 5.67. The third-order valence-corrected chi connectivity index (χ3v) is 5.08. The van der Waals surface area contributed by atoms with Gasteiger partial charge >= 0.3 is 0 Å². The summed E-state index contributed by atoms with van der Waals surface area (Å²) in [6.07, 6.45) is 14.5. The molecular formula is C16H28N2S. The van der Waals surface area contributed by atoms with Gasteiger partial charge in [-0.2, -0.15) is 0 Å². The number of rotatable bonds is 6. The first-order valence-electron chi connectivity index (χ1n) is 8.01. The summed E-state index contributed by atoms with van der Waals surface area (Å²) in [6, 6.07) is 0.665. The molecule has 0 amide bonds. The van der Waals surface area contributed by atoms with Gasteiger partial charge < -0.3 is 5.32 Å². The quantitative estimate of drug-likeness (QED) is 0.834. The molecule has 1 aliphatic rings. The Labute approximate surface area is 122 Å². The fraction of sp³-hybridized carbons (Fsp3) is 0.812. The average molecular weight is 280 g/mol. The van der Waals surface area contributed by atoms with E-state index in [1.165, 1.54) is 62.7 Å². The maximum Gasteiger partial charge on any atom is 0.0794 e. The zero-order chi connectivity index (χ0) is 13.3. The Bertz CT molecular complexity index is 315. The Kier molecular flexibility index (Phi) is 6.86. The van der Waals surface area contributed by atoms with Crippen molar-refractivity contribution < 1.29 is 0 Å². The summed E-state index contributed by atoms with van der Waals surface area (Å²) in [5.74, 6) is 0.869. The van der Waals surface area contributed by atoms with Gasteiger partial charge in [0.25, 0.3) is 0 Å². The van der Waals surface area contributed by atoms with Gasteiger partial charge in [0, 0.05) is 17.1 Å².